The summed E-state index contributed by atoms with van der Waals surface area (Å²) in [4.78, 5) is 24.0. The second-order valence-corrected chi connectivity index (χ2v) is 13.8. The molecule has 0 saturated heterocycles. The highest BCUT2D eigenvalue weighted by Crippen LogP contribution is 2.37. The lowest BCUT2D eigenvalue weighted by molar-refractivity contribution is -0.152. The molecule has 8 heteroatoms. The van der Waals surface area contributed by atoms with E-state index in [-0.39, 0.29) is 43.4 Å². The van der Waals surface area contributed by atoms with Gasteiger partial charge in [-0.2, -0.15) is 0 Å². The summed E-state index contributed by atoms with van der Waals surface area (Å²) in [5.74, 6) is -0.0858. The number of esters is 2. The van der Waals surface area contributed by atoms with E-state index in [0.717, 1.165) is 70.1 Å². The van der Waals surface area contributed by atoms with E-state index >= 15 is 0 Å². The molecule has 0 bridgehead atoms. The molecule has 8 nitrogen and oxygen atoms in total. The molecule has 0 heterocycles. The Labute approximate surface area is 274 Å². The third kappa shape index (κ3) is 21.9. The zero-order valence-corrected chi connectivity index (χ0v) is 28.9. The minimum absolute atomic E-state index is 0.0289. The van der Waals surface area contributed by atoms with Gasteiger partial charge in [0.2, 0.25) is 0 Å². The van der Waals surface area contributed by atoms with Crippen LogP contribution in [-0.2, 0) is 19.1 Å². The van der Waals surface area contributed by atoms with E-state index in [1.54, 1.807) is 6.08 Å². The van der Waals surface area contributed by atoms with Crippen molar-refractivity contribution in [3.63, 3.8) is 0 Å². The molecule has 6 atom stereocenters. The molecule has 0 unspecified atom stereocenters. The molecule has 4 N–H and O–H groups in total. The van der Waals surface area contributed by atoms with Crippen LogP contribution < -0.4 is 0 Å². The Hall–Kier alpha value is -1.48. The number of carbonyl (C=O) groups excluding carboxylic acids is 2. The predicted molar refractivity (Wildman–Crippen MR) is 180 cm³/mol. The van der Waals surface area contributed by atoms with E-state index in [9.17, 15) is 30.0 Å². The van der Waals surface area contributed by atoms with Crippen molar-refractivity contribution in [3.8, 4) is 0 Å². The van der Waals surface area contributed by atoms with Gasteiger partial charge in [-0.3, -0.25) is 9.59 Å². The summed E-state index contributed by atoms with van der Waals surface area (Å²) in [6, 6.07) is 0. The SMILES string of the molecule is CCCCC[C@H](O)/C=C/[C@@H]1[C@@H](CCCCCCC(=O)OC[C@@H](O)COC(=O)CCCCCCCCCCC(C)C)[C@@H](O)C[C@H]1O. The molecule has 1 rings (SSSR count). The molecule has 45 heavy (non-hydrogen) atoms. The first-order valence-electron chi connectivity index (χ1n) is 18.4. The Bertz CT molecular complexity index is 770. The van der Waals surface area contributed by atoms with Crippen LogP contribution in [0.25, 0.3) is 0 Å². The van der Waals surface area contributed by atoms with Crippen LogP contribution in [0.4, 0.5) is 0 Å². The number of rotatable bonds is 28. The fourth-order valence-corrected chi connectivity index (χ4v) is 6.19. The van der Waals surface area contributed by atoms with Crippen LogP contribution in [-0.4, -0.2) is 70.0 Å². The molecule has 1 saturated carbocycles. The summed E-state index contributed by atoms with van der Waals surface area (Å²) >= 11 is 0. The second kappa shape index (κ2) is 26.6. The average molecular weight is 641 g/mol. The van der Waals surface area contributed by atoms with Gasteiger partial charge in [-0.15, -0.1) is 0 Å². The van der Waals surface area contributed by atoms with Crippen molar-refractivity contribution in [3.05, 3.63) is 12.2 Å². The van der Waals surface area contributed by atoms with Crippen molar-refractivity contribution >= 4 is 11.9 Å². The Morgan fingerprint density at radius 2 is 1.22 bits per heavy atom. The van der Waals surface area contributed by atoms with Gasteiger partial charge in [0.15, 0.2) is 0 Å². The highest BCUT2D eigenvalue weighted by atomic mass is 16.6. The van der Waals surface area contributed by atoms with E-state index in [1.165, 1.54) is 38.5 Å². The average Bonchev–Trinajstić information content (AvgIpc) is 3.27. The molecule has 0 aromatic rings. The first kappa shape index (κ1) is 41.5. The first-order valence-corrected chi connectivity index (χ1v) is 18.4. The molecule has 0 spiro atoms. The number of hydrogen-bond donors (Lipinski definition) is 4. The lowest BCUT2D eigenvalue weighted by Crippen LogP contribution is -2.25. The van der Waals surface area contributed by atoms with Crippen LogP contribution in [0.2, 0.25) is 0 Å². The summed E-state index contributed by atoms with van der Waals surface area (Å²) in [6.07, 6.45) is 20.6. The van der Waals surface area contributed by atoms with Crippen molar-refractivity contribution in [1.29, 1.82) is 0 Å². The number of aliphatic hydroxyl groups is 4. The summed E-state index contributed by atoms with van der Waals surface area (Å²) < 4.78 is 10.3. The molecule has 1 aliphatic carbocycles. The van der Waals surface area contributed by atoms with Crippen molar-refractivity contribution < 1.29 is 39.5 Å². The second-order valence-electron chi connectivity index (χ2n) is 13.8. The van der Waals surface area contributed by atoms with Crippen molar-refractivity contribution in [2.45, 2.75) is 180 Å². The van der Waals surface area contributed by atoms with Gasteiger partial charge in [0.05, 0.1) is 18.3 Å². The topological polar surface area (TPSA) is 134 Å². The highest BCUT2D eigenvalue weighted by Gasteiger charge is 2.39. The normalized spacial score (nSPS) is 21.4. The van der Waals surface area contributed by atoms with Gasteiger partial charge in [-0.05, 0) is 37.5 Å². The molecule has 0 aliphatic heterocycles. The Morgan fingerprint density at radius 1 is 0.711 bits per heavy atom. The zero-order valence-electron chi connectivity index (χ0n) is 28.9. The van der Waals surface area contributed by atoms with Gasteiger partial charge in [0.1, 0.15) is 19.3 Å². The standard InChI is InChI=1S/C37H68O8/c1-4-5-14-20-30(38)24-25-33-32(34(40)26-35(33)41)21-16-12-13-18-23-37(43)45-28-31(39)27-44-36(42)22-17-11-9-7-6-8-10-15-19-29(2)3/h24-25,29-35,38-41H,4-23,26-28H2,1-3H3/b25-24+/t30-,31-,32+,33+,34-,35+/m0/s1. The lowest BCUT2D eigenvalue weighted by atomic mass is 9.88. The van der Waals surface area contributed by atoms with Crippen LogP contribution >= 0.6 is 0 Å². The Morgan fingerprint density at radius 3 is 1.78 bits per heavy atom. The summed E-state index contributed by atoms with van der Waals surface area (Å²) in [7, 11) is 0. The van der Waals surface area contributed by atoms with Gasteiger partial charge in [-0.25, -0.2) is 0 Å². The summed E-state index contributed by atoms with van der Waals surface area (Å²) in [6.45, 7) is 6.31. The molecular weight excluding hydrogens is 572 g/mol. The molecule has 0 aromatic heterocycles. The van der Waals surface area contributed by atoms with Gasteiger partial charge < -0.3 is 29.9 Å². The lowest BCUT2D eigenvalue weighted by Gasteiger charge is -2.21. The first-order chi connectivity index (χ1) is 21.6. The summed E-state index contributed by atoms with van der Waals surface area (Å²) in [5.41, 5.74) is 0. The fraction of sp³-hybridized carbons (Fsp3) is 0.892. The zero-order chi connectivity index (χ0) is 33.3. The van der Waals surface area contributed by atoms with Crippen molar-refractivity contribution in [2.24, 2.45) is 17.8 Å². The highest BCUT2D eigenvalue weighted by molar-refractivity contribution is 5.69. The van der Waals surface area contributed by atoms with Crippen molar-refractivity contribution in [1.82, 2.24) is 0 Å². The maximum atomic E-state index is 12.1. The monoisotopic (exact) mass is 640 g/mol. The molecule has 1 fully saturated rings. The van der Waals surface area contributed by atoms with E-state index in [0.29, 0.717) is 25.7 Å². The molecule has 0 aromatic carbocycles. The van der Waals surface area contributed by atoms with Crippen LogP contribution in [0.1, 0.15) is 156 Å². The summed E-state index contributed by atoms with van der Waals surface area (Å²) in [5, 5.41) is 41.1. The van der Waals surface area contributed by atoms with Crippen LogP contribution in [0.15, 0.2) is 12.2 Å². The Kier molecular flexibility index (Phi) is 24.5. The molecular formula is C37H68O8. The van der Waals surface area contributed by atoms with Crippen molar-refractivity contribution in [2.75, 3.05) is 13.2 Å². The third-order valence-electron chi connectivity index (χ3n) is 9.03. The van der Waals surface area contributed by atoms with Gasteiger partial charge >= 0.3 is 11.9 Å². The van der Waals surface area contributed by atoms with Gasteiger partial charge in [0.25, 0.3) is 0 Å². The van der Waals surface area contributed by atoms with Crippen LogP contribution in [0.5, 0.6) is 0 Å². The number of aliphatic hydroxyl groups excluding tert-OH is 4. The van der Waals surface area contributed by atoms with Gasteiger partial charge in [0, 0.05) is 25.2 Å². The third-order valence-corrected chi connectivity index (χ3v) is 9.03. The fourth-order valence-electron chi connectivity index (χ4n) is 6.19. The van der Waals surface area contributed by atoms with E-state index in [1.807, 2.05) is 6.08 Å². The molecule has 0 radical (unpaired) electrons. The van der Waals surface area contributed by atoms with E-state index in [2.05, 4.69) is 20.8 Å². The maximum Gasteiger partial charge on any atom is 0.305 e. The molecule has 1 aliphatic rings. The van der Waals surface area contributed by atoms with E-state index in [4.69, 9.17) is 9.47 Å². The number of hydrogen-bond acceptors (Lipinski definition) is 8. The van der Waals surface area contributed by atoms with E-state index < -0.39 is 24.4 Å². The van der Waals surface area contributed by atoms with Crippen LogP contribution in [0.3, 0.4) is 0 Å². The largest absolute Gasteiger partial charge is 0.463 e. The number of unbranched alkanes of at least 4 members (excludes halogenated alkanes) is 12. The molecule has 0 amide bonds. The quantitative estimate of drug-likeness (QED) is 0.0401. The predicted octanol–water partition coefficient (Wildman–Crippen LogP) is 7.19. The minimum atomic E-state index is -1.03. The van der Waals surface area contributed by atoms with Gasteiger partial charge in [-0.1, -0.05) is 123 Å². The smallest absolute Gasteiger partial charge is 0.305 e. The minimum Gasteiger partial charge on any atom is -0.463 e. The number of ether oxygens (including phenoxy) is 2. The van der Waals surface area contributed by atoms with Crippen LogP contribution in [0, 0.1) is 17.8 Å². The Balaban J connectivity index is 2.06. The molecule has 264 valence electrons. The number of carbonyl (C=O) groups is 2. The maximum absolute atomic E-state index is 12.1.